The van der Waals surface area contributed by atoms with Gasteiger partial charge in [0.2, 0.25) is 11.8 Å². The van der Waals surface area contributed by atoms with E-state index < -0.39 is 6.04 Å². The number of carbonyl (C=O) groups is 2. The molecule has 1 fully saturated rings. The molecule has 1 saturated heterocycles. The van der Waals surface area contributed by atoms with Crippen LogP contribution in [-0.2, 0) is 29.1 Å². The van der Waals surface area contributed by atoms with E-state index in [4.69, 9.17) is 0 Å². The lowest BCUT2D eigenvalue weighted by Gasteiger charge is -2.39. The summed E-state index contributed by atoms with van der Waals surface area (Å²) in [6.07, 6.45) is 5.66. The number of hydrogen-bond donors (Lipinski definition) is 0. The van der Waals surface area contributed by atoms with Crippen molar-refractivity contribution >= 4 is 17.9 Å². The van der Waals surface area contributed by atoms with Crippen LogP contribution in [0.3, 0.4) is 0 Å². The Morgan fingerprint density at radius 1 is 0.729 bits per heavy atom. The average molecular weight is 635 g/mol. The monoisotopic (exact) mass is 634 g/mol. The van der Waals surface area contributed by atoms with Crippen molar-refractivity contribution in [2.24, 2.45) is 0 Å². The molecule has 0 radical (unpaired) electrons. The highest BCUT2D eigenvalue weighted by atomic mass is 16.2. The van der Waals surface area contributed by atoms with E-state index in [0.717, 1.165) is 53.1 Å². The second-order valence-corrected chi connectivity index (χ2v) is 12.4. The van der Waals surface area contributed by atoms with Gasteiger partial charge in [-0.25, -0.2) is 0 Å². The van der Waals surface area contributed by atoms with Crippen LogP contribution in [0, 0.1) is 6.92 Å². The molecule has 5 aromatic rings. The lowest BCUT2D eigenvalue weighted by Crippen LogP contribution is -2.56. The third kappa shape index (κ3) is 8.72. The van der Waals surface area contributed by atoms with Crippen molar-refractivity contribution in [1.82, 2.24) is 19.7 Å². The molecule has 6 heteroatoms. The smallest absolute Gasteiger partial charge is 0.247 e. The van der Waals surface area contributed by atoms with Crippen LogP contribution in [0.15, 0.2) is 140 Å². The maximum Gasteiger partial charge on any atom is 0.247 e. The number of nitrogens with zero attached hydrogens (tertiary/aromatic N) is 4. The van der Waals surface area contributed by atoms with Crippen molar-refractivity contribution in [3.05, 3.63) is 167 Å². The number of carbonyl (C=O) groups excluding carboxylic acids is 2. The molecular weight excluding hydrogens is 592 g/mol. The van der Waals surface area contributed by atoms with Gasteiger partial charge >= 0.3 is 0 Å². The van der Waals surface area contributed by atoms with Crippen LogP contribution < -0.4 is 0 Å². The maximum absolute atomic E-state index is 14.5. The van der Waals surface area contributed by atoms with Gasteiger partial charge in [-0.2, -0.15) is 0 Å². The standard InChI is InChI=1S/C42H42N4O2/c1-33-15-17-34(18-16-33)21-24-41(47)46(32-37-19-22-38(23-20-37)39-14-8-9-25-43-39)40(30-35-10-4-2-5-11-35)42(48)45-28-26-44(27-29-45)31-36-12-6-3-7-13-36/h2-25,40H,26-32H2,1H3. The molecule has 2 amide bonds. The van der Waals surface area contributed by atoms with Crippen LogP contribution in [0.4, 0.5) is 0 Å². The fourth-order valence-electron chi connectivity index (χ4n) is 6.14. The molecule has 4 aromatic carbocycles. The van der Waals surface area contributed by atoms with Crippen LogP contribution in [0.2, 0.25) is 0 Å². The molecule has 0 bridgehead atoms. The van der Waals surface area contributed by atoms with Crippen LogP contribution in [-0.4, -0.2) is 63.7 Å². The Kier molecular flexibility index (Phi) is 10.9. The molecule has 1 unspecified atom stereocenters. The maximum atomic E-state index is 14.5. The molecule has 0 saturated carbocycles. The zero-order valence-electron chi connectivity index (χ0n) is 27.5. The minimum Gasteiger partial charge on any atom is -0.338 e. The van der Waals surface area contributed by atoms with E-state index >= 15 is 0 Å². The van der Waals surface area contributed by atoms with Gasteiger partial charge in [0.05, 0.1) is 5.69 Å². The number of aromatic nitrogens is 1. The van der Waals surface area contributed by atoms with Gasteiger partial charge in [0.1, 0.15) is 6.04 Å². The first-order valence-electron chi connectivity index (χ1n) is 16.7. The Balaban J connectivity index is 1.27. The fraction of sp³-hybridized carbons (Fsp3) is 0.214. The molecule has 6 nitrogen and oxygen atoms in total. The lowest BCUT2D eigenvalue weighted by atomic mass is 10.0. The van der Waals surface area contributed by atoms with Gasteiger partial charge in [0.15, 0.2) is 0 Å². The summed E-state index contributed by atoms with van der Waals surface area (Å²) >= 11 is 0. The molecule has 0 spiro atoms. The summed E-state index contributed by atoms with van der Waals surface area (Å²) in [5, 5.41) is 0. The first-order chi connectivity index (χ1) is 23.5. The summed E-state index contributed by atoms with van der Waals surface area (Å²) in [5.74, 6) is -0.207. The number of pyridine rings is 1. The highest BCUT2D eigenvalue weighted by Crippen LogP contribution is 2.22. The Bertz CT molecular complexity index is 1780. The number of rotatable bonds is 11. The minimum atomic E-state index is -0.668. The summed E-state index contributed by atoms with van der Waals surface area (Å²) in [5.41, 5.74) is 7.23. The molecule has 1 aromatic heterocycles. The van der Waals surface area contributed by atoms with Gasteiger partial charge in [0.25, 0.3) is 0 Å². The summed E-state index contributed by atoms with van der Waals surface area (Å²) in [6, 6.07) is 41.8. The number of hydrogen-bond acceptors (Lipinski definition) is 4. The predicted octanol–water partition coefficient (Wildman–Crippen LogP) is 7.05. The summed E-state index contributed by atoms with van der Waals surface area (Å²) in [4.78, 5) is 39.3. The Morgan fingerprint density at radius 3 is 2.02 bits per heavy atom. The predicted molar refractivity (Wildman–Crippen MR) is 193 cm³/mol. The van der Waals surface area contributed by atoms with Gasteiger partial charge in [-0.3, -0.25) is 19.5 Å². The van der Waals surface area contributed by atoms with Gasteiger partial charge in [-0.15, -0.1) is 0 Å². The number of aryl methyl sites for hydroxylation is 1. The number of piperazine rings is 1. The lowest BCUT2D eigenvalue weighted by molar-refractivity contribution is -0.145. The molecule has 1 atom stereocenters. The highest BCUT2D eigenvalue weighted by molar-refractivity contribution is 5.95. The average Bonchev–Trinajstić information content (AvgIpc) is 3.14. The molecule has 1 aliphatic heterocycles. The molecule has 0 aliphatic carbocycles. The second-order valence-electron chi connectivity index (χ2n) is 12.4. The van der Waals surface area contributed by atoms with E-state index in [1.807, 2.05) is 121 Å². The third-order valence-corrected chi connectivity index (χ3v) is 8.91. The quantitative estimate of drug-likeness (QED) is 0.146. The van der Waals surface area contributed by atoms with Crippen LogP contribution in [0.25, 0.3) is 17.3 Å². The molecule has 242 valence electrons. The number of benzene rings is 4. The molecule has 48 heavy (non-hydrogen) atoms. The van der Waals surface area contributed by atoms with Crippen LogP contribution >= 0.6 is 0 Å². The largest absolute Gasteiger partial charge is 0.338 e. The SMILES string of the molecule is Cc1ccc(C=CC(=O)N(Cc2ccc(-c3ccccn3)cc2)C(Cc2ccccc2)C(=O)N2CCN(Cc3ccccc3)CC2)cc1. The van der Waals surface area contributed by atoms with E-state index in [2.05, 4.69) is 34.1 Å². The van der Waals surface area contributed by atoms with Crippen molar-refractivity contribution in [3.8, 4) is 11.3 Å². The first-order valence-corrected chi connectivity index (χ1v) is 16.7. The minimum absolute atomic E-state index is 0.0135. The second kappa shape index (κ2) is 16.0. The highest BCUT2D eigenvalue weighted by Gasteiger charge is 2.34. The fourth-order valence-corrected chi connectivity index (χ4v) is 6.14. The van der Waals surface area contributed by atoms with E-state index in [0.29, 0.717) is 26.1 Å². The van der Waals surface area contributed by atoms with Crippen molar-refractivity contribution in [3.63, 3.8) is 0 Å². The van der Waals surface area contributed by atoms with E-state index in [-0.39, 0.29) is 11.8 Å². The Labute approximate surface area is 284 Å². The van der Waals surface area contributed by atoms with Crippen molar-refractivity contribution < 1.29 is 9.59 Å². The zero-order valence-corrected chi connectivity index (χ0v) is 27.5. The van der Waals surface area contributed by atoms with Gasteiger partial charge in [-0.1, -0.05) is 121 Å². The Morgan fingerprint density at radius 2 is 1.38 bits per heavy atom. The van der Waals surface area contributed by atoms with Crippen molar-refractivity contribution in [2.45, 2.75) is 32.5 Å². The van der Waals surface area contributed by atoms with Crippen molar-refractivity contribution in [1.29, 1.82) is 0 Å². The topological polar surface area (TPSA) is 56.8 Å². The van der Waals surface area contributed by atoms with E-state index in [1.54, 1.807) is 17.2 Å². The van der Waals surface area contributed by atoms with Crippen LogP contribution in [0.5, 0.6) is 0 Å². The summed E-state index contributed by atoms with van der Waals surface area (Å²) in [6.45, 7) is 6.02. The van der Waals surface area contributed by atoms with Gasteiger partial charge in [0, 0.05) is 63.5 Å². The molecule has 1 aliphatic rings. The zero-order chi connectivity index (χ0) is 33.1. The normalized spacial score (nSPS) is 14.1. The summed E-state index contributed by atoms with van der Waals surface area (Å²) < 4.78 is 0. The third-order valence-electron chi connectivity index (χ3n) is 8.91. The molecular formula is C42H42N4O2. The molecule has 2 heterocycles. The summed E-state index contributed by atoms with van der Waals surface area (Å²) in [7, 11) is 0. The molecule has 6 rings (SSSR count). The molecule has 0 N–H and O–H groups in total. The van der Waals surface area contributed by atoms with Crippen molar-refractivity contribution in [2.75, 3.05) is 26.2 Å². The van der Waals surface area contributed by atoms with Gasteiger partial charge < -0.3 is 9.80 Å². The Hall–Kier alpha value is -5.33. The van der Waals surface area contributed by atoms with Gasteiger partial charge in [-0.05, 0) is 47.4 Å². The van der Waals surface area contributed by atoms with E-state index in [9.17, 15) is 9.59 Å². The number of amides is 2. The van der Waals surface area contributed by atoms with Crippen LogP contribution in [0.1, 0.15) is 27.8 Å². The first kappa shape index (κ1) is 32.6. The van der Waals surface area contributed by atoms with E-state index in [1.165, 1.54) is 5.56 Å².